The molecule has 3 saturated heterocycles. The maximum Gasteiger partial charge on any atom is 0.322 e. The van der Waals surface area contributed by atoms with Crippen LogP contribution in [0.25, 0.3) is 0 Å². The number of aliphatic carboxylic acids is 1. The lowest BCUT2D eigenvalue weighted by molar-refractivity contribution is -0.143. The Balaban J connectivity index is 1.07. The number of likely N-dealkylation sites (tertiary alicyclic amines) is 2. The Morgan fingerprint density at radius 2 is 1.49 bits per heavy atom. The number of carbonyl (C=O) groups is 4. The van der Waals surface area contributed by atoms with Gasteiger partial charge >= 0.3 is 12.0 Å². The molecule has 0 bridgehead atoms. The van der Waals surface area contributed by atoms with Crippen molar-refractivity contribution in [2.45, 2.75) is 64.1 Å². The smallest absolute Gasteiger partial charge is 0.322 e. The van der Waals surface area contributed by atoms with Crippen LogP contribution in [0, 0.1) is 12.8 Å². The van der Waals surface area contributed by atoms with Crippen LogP contribution in [0.1, 0.15) is 48.8 Å². The van der Waals surface area contributed by atoms with Crippen molar-refractivity contribution in [3.63, 3.8) is 0 Å². The van der Waals surface area contributed by atoms with Crippen molar-refractivity contribution in [2.75, 3.05) is 64.2 Å². The van der Waals surface area contributed by atoms with E-state index in [1.807, 2.05) is 62.9 Å². The highest BCUT2D eigenvalue weighted by molar-refractivity contribution is 9.11. The van der Waals surface area contributed by atoms with E-state index in [1.54, 1.807) is 0 Å². The fourth-order valence-corrected chi connectivity index (χ4v) is 9.10. The highest BCUT2D eigenvalue weighted by Gasteiger charge is 2.36. The zero-order chi connectivity index (χ0) is 34.7. The Bertz CT molecular complexity index is 1530. The summed E-state index contributed by atoms with van der Waals surface area (Å²) in [6.07, 6.45) is 3.77. The standard InChI is InChI=1S/C36H46Br2N6O5/c1-24-30(37)19-25(20-31(24)38)18-27(35(48)43-12-6-28(7-13-43)41-16-14-40(15-17-41)23-34(46)47)21-33(45)42-10-8-29(9-11-42)44-22-26-4-2-3-5-32(26)39-36(44)49/h2-5,19-20,27-29H,6-18,21-23H2,1H3,(H,39,49)(H,46,47). The summed E-state index contributed by atoms with van der Waals surface area (Å²) in [5.41, 5.74) is 4.04. The summed E-state index contributed by atoms with van der Waals surface area (Å²) >= 11 is 7.31. The molecule has 0 aliphatic carbocycles. The number of amides is 4. The van der Waals surface area contributed by atoms with Crippen LogP contribution in [0.3, 0.4) is 0 Å². The number of rotatable bonds is 9. The van der Waals surface area contributed by atoms with E-state index in [-0.39, 0.29) is 36.9 Å². The first-order valence-corrected chi connectivity index (χ1v) is 19.0. The molecule has 49 heavy (non-hydrogen) atoms. The number of piperidine rings is 2. The Hall–Kier alpha value is -3.00. The molecule has 11 nitrogen and oxygen atoms in total. The summed E-state index contributed by atoms with van der Waals surface area (Å²) in [6.45, 7) is 8.25. The second-order valence-electron chi connectivity index (χ2n) is 13.9. The predicted octanol–water partition coefficient (Wildman–Crippen LogP) is 4.80. The minimum absolute atomic E-state index is 0.00963. The highest BCUT2D eigenvalue weighted by Crippen LogP contribution is 2.31. The summed E-state index contributed by atoms with van der Waals surface area (Å²) in [5, 5.41) is 12.1. The number of halogens is 2. The predicted molar refractivity (Wildman–Crippen MR) is 194 cm³/mol. The first-order valence-electron chi connectivity index (χ1n) is 17.4. The van der Waals surface area contributed by atoms with Gasteiger partial charge in [-0.25, -0.2) is 4.79 Å². The molecule has 1 unspecified atom stereocenters. The van der Waals surface area contributed by atoms with E-state index in [2.05, 4.69) is 42.1 Å². The number of para-hydroxylation sites is 1. The number of benzene rings is 2. The second kappa shape index (κ2) is 15.9. The summed E-state index contributed by atoms with van der Waals surface area (Å²) in [6, 6.07) is 12.3. The van der Waals surface area contributed by atoms with Gasteiger partial charge in [0.1, 0.15) is 0 Å². The van der Waals surface area contributed by atoms with E-state index < -0.39 is 11.9 Å². The van der Waals surface area contributed by atoms with E-state index in [4.69, 9.17) is 5.11 Å². The minimum Gasteiger partial charge on any atom is -0.480 e. The molecule has 0 saturated carbocycles. The quantitative estimate of drug-likeness (QED) is 0.375. The monoisotopic (exact) mass is 800 g/mol. The second-order valence-corrected chi connectivity index (χ2v) is 15.6. The lowest BCUT2D eigenvalue weighted by Crippen LogP contribution is -2.55. The van der Waals surface area contributed by atoms with E-state index in [0.717, 1.165) is 70.3 Å². The van der Waals surface area contributed by atoms with Gasteiger partial charge in [-0.15, -0.1) is 0 Å². The molecule has 0 radical (unpaired) electrons. The summed E-state index contributed by atoms with van der Waals surface area (Å²) < 4.78 is 1.93. The number of hydrogen-bond donors (Lipinski definition) is 2. The van der Waals surface area contributed by atoms with Gasteiger partial charge in [-0.1, -0.05) is 50.1 Å². The van der Waals surface area contributed by atoms with Crippen LogP contribution in [0.4, 0.5) is 10.5 Å². The molecule has 4 amide bonds. The van der Waals surface area contributed by atoms with Gasteiger partial charge in [-0.2, -0.15) is 0 Å². The van der Waals surface area contributed by atoms with Gasteiger partial charge in [0.15, 0.2) is 0 Å². The molecule has 2 aromatic rings. The number of nitrogens with one attached hydrogen (secondary N) is 1. The van der Waals surface area contributed by atoms with E-state index in [9.17, 15) is 19.2 Å². The van der Waals surface area contributed by atoms with E-state index in [0.29, 0.717) is 58.0 Å². The third-order valence-electron chi connectivity index (χ3n) is 10.8. The molecule has 264 valence electrons. The number of carbonyl (C=O) groups excluding carboxylic acids is 3. The van der Waals surface area contributed by atoms with Gasteiger partial charge in [0.05, 0.1) is 12.5 Å². The third kappa shape index (κ3) is 8.66. The number of hydrogen-bond acceptors (Lipinski definition) is 6. The Morgan fingerprint density at radius 1 is 0.878 bits per heavy atom. The molecule has 0 aromatic heterocycles. The molecule has 13 heteroatoms. The van der Waals surface area contributed by atoms with Gasteiger partial charge in [-0.3, -0.25) is 24.2 Å². The Morgan fingerprint density at radius 3 is 2.14 bits per heavy atom. The van der Waals surface area contributed by atoms with Crippen molar-refractivity contribution < 1.29 is 24.3 Å². The van der Waals surface area contributed by atoms with Crippen LogP contribution in [0.5, 0.6) is 0 Å². The van der Waals surface area contributed by atoms with Crippen molar-refractivity contribution in [1.82, 2.24) is 24.5 Å². The summed E-state index contributed by atoms with van der Waals surface area (Å²) in [4.78, 5) is 62.2. The first kappa shape index (κ1) is 35.8. The zero-order valence-corrected chi connectivity index (χ0v) is 31.3. The molecule has 6 rings (SSSR count). The van der Waals surface area contributed by atoms with Gasteiger partial charge in [0, 0.05) is 92.0 Å². The van der Waals surface area contributed by atoms with Crippen LogP contribution < -0.4 is 5.32 Å². The van der Waals surface area contributed by atoms with Gasteiger partial charge in [0.2, 0.25) is 11.8 Å². The average Bonchev–Trinajstić information content (AvgIpc) is 3.10. The number of piperazine rings is 1. The molecule has 4 aliphatic heterocycles. The number of nitrogens with zero attached hydrogens (tertiary/aromatic N) is 5. The molecule has 1 atom stereocenters. The van der Waals surface area contributed by atoms with Crippen LogP contribution in [-0.2, 0) is 27.3 Å². The van der Waals surface area contributed by atoms with Crippen LogP contribution >= 0.6 is 31.9 Å². The molecular weight excluding hydrogens is 756 g/mol. The average molecular weight is 803 g/mol. The van der Waals surface area contributed by atoms with Crippen molar-refractivity contribution in [2.24, 2.45) is 5.92 Å². The van der Waals surface area contributed by atoms with Crippen LogP contribution in [0.15, 0.2) is 45.3 Å². The first-order chi connectivity index (χ1) is 23.5. The molecule has 4 aliphatic rings. The molecule has 3 fully saturated rings. The van der Waals surface area contributed by atoms with Crippen LogP contribution in [-0.4, -0.2) is 124 Å². The van der Waals surface area contributed by atoms with Crippen molar-refractivity contribution >= 4 is 61.4 Å². The number of anilines is 1. The van der Waals surface area contributed by atoms with Crippen molar-refractivity contribution in [3.05, 3.63) is 62.0 Å². The summed E-state index contributed by atoms with van der Waals surface area (Å²) in [7, 11) is 0. The molecule has 2 aromatic carbocycles. The number of fused-ring (bicyclic) bond motifs is 1. The van der Waals surface area contributed by atoms with Crippen molar-refractivity contribution in [1.29, 1.82) is 0 Å². The normalized spacial score (nSPS) is 20.6. The lowest BCUT2D eigenvalue weighted by Gasteiger charge is -2.43. The van der Waals surface area contributed by atoms with E-state index >= 15 is 0 Å². The SMILES string of the molecule is Cc1c(Br)cc(CC(CC(=O)N2CCC(N3Cc4ccccc4NC3=O)CC2)C(=O)N2CCC(N3CCN(CC(=O)O)CC3)CC2)cc1Br. The largest absolute Gasteiger partial charge is 0.480 e. The fourth-order valence-electron chi connectivity index (χ4n) is 7.82. The van der Waals surface area contributed by atoms with Gasteiger partial charge in [0.25, 0.3) is 0 Å². The fraction of sp³-hybridized carbons (Fsp3) is 0.556. The maximum atomic E-state index is 14.2. The molecule has 4 heterocycles. The van der Waals surface area contributed by atoms with E-state index in [1.165, 1.54) is 0 Å². The Kier molecular flexibility index (Phi) is 11.6. The highest BCUT2D eigenvalue weighted by atomic mass is 79.9. The summed E-state index contributed by atoms with van der Waals surface area (Å²) in [5.74, 6) is -1.25. The van der Waals surface area contributed by atoms with Gasteiger partial charge < -0.3 is 25.1 Å². The molecule has 2 N–H and O–H groups in total. The van der Waals surface area contributed by atoms with Crippen LogP contribution in [0.2, 0.25) is 0 Å². The number of carboxylic acid groups (broad SMARTS) is 1. The maximum absolute atomic E-state index is 14.2. The topological polar surface area (TPSA) is 117 Å². The third-order valence-corrected chi connectivity index (χ3v) is 12.4. The molecule has 0 spiro atoms. The zero-order valence-electron chi connectivity index (χ0n) is 28.1. The van der Waals surface area contributed by atoms with Crippen molar-refractivity contribution in [3.8, 4) is 0 Å². The molecular formula is C36H46Br2N6O5. The Labute approximate surface area is 305 Å². The number of carboxylic acids is 1. The number of urea groups is 1. The minimum atomic E-state index is -0.791. The van der Waals surface area contributed by atoms with Gasteiger partial charge in [-0.05, 0) is 73.9 Å². The lowest BCUT2D eigenvalue weighted by atomic mass is 9.91.